The first-order valence-electron chi connectivity index (χ1n) is 4.88. The Balaban J connectivity index is 2.85. The molecule has 88 valence electrons. The van der Waals surface area contributed by atoms with Gasteiger partial charge in [-0.25, -0.2) is 13.1 Å². The van der Waals surface area contributed by atoms with Crippen LogP contribution in [-0.4, -0.2) is 19.6 Å². The summed E-state index contributed by atoms with van der Waals surface area (Å²) >= 11 is 0. The lowest BCUT2D eigenvalue weighted by atomic mass is 10.3. The van der Waals surface area contributed by atoms with Crippen molar-refractivity contribution in [2.24, 2.45) is 0 Å². The van der Waals surface area contributed by atoms with Crippen molar-refractivity contribution >= 4 is 10.0 Å². The summed E-state index contributed by atoms with van der Waals surface area (Å²) in [6.45, 7) is 5.31. The van der Waals surface area contributed by atoms with E-state index in [1.807, 2.05) is 0 Å². The smallest absolute Gasteiger partial charge is 0.240 e. The molecule has 0 spiro atoms. The van der Waals surface area contributed by atoms with E-state index in [0.29, 0.717) is 6.42 Å². The maximum Gasteiger partial charge on any atom is 0.240 e. The molecule has 0 aliphatic rings. The Morgan fingerprint density at radius 1 is 1.44 bits per heavy atom. The normalized spacial score (nSPS) is 13.3. The molecule has 0 bridgehead atoms. The molecule has 16 heavy (non-hydrogen) atoms. The van der Waals surface area contributed by atoms with E-state index in [0.717, 1.165) is 0 Å². The lowest BCUT2D eigenvalue weighted by Crippen LogP contribution is -2.32. The SMILES string of the molecule is C=CCC(C)NS(=O)(=O)c1ccc(O)cc1. The van der Waals surface area contributed by atoms with Crippen LogP contribution in [0.3, 0.4) is 0 Å². The number of nitrogens with one attached hydrogen (secondary N) is 1. The third-order valence-corrected chi connectivity index (χ3v) is 3.63. The lowest BCUT2D eigenvalue weighted by molar-refractivity contribution is 0.474. The van der Waals surface area contributed by atoms with Crippen molar-refractivity contribution in [1.82, 2.24) is 4.72 Å². The molecule has 0 saturated heterocycles. The van der Waals surface area contributed by atoms with Crippen LogP contribution in [0.25, 0.3) is 0 Å². The topological polar surface area (TPSA) is 66.4 Å². The molecule has 0 amide bonds. The van der Waals surface area contributed by atoms with Gasteiger partial charge in [0.05, 0.1) is 4.90 Å². The van der Waals surface area contributed by atoms with Gasteiger partial charge >= 0.3 is 0 Å². The molecule has 0 heterocycles. The van der Waals surface area contributed by atoms with Gasteiger partial charge in [-0.15, -0.1) is 6.58 Å². The van der Waals surface area contributed by atoms with Crippen LogP contribution in [0.1, 0.15) is 13.3 Å². The van der Waals surface area contributed by atoms with Gasteiger partial charge in [-0.05, 0) is 37.6 Å². The Hall–Kier alpha value is -1.33. The number of rotatable bonds is 5. The molecule has 1 unspecified atom stereocenters. The molecule has 4 nitrogen and oxygen atoms in total. The molecule has 0 fully saturated rings. The van der Waals surface area contributed by atoms with Gasteiger partial charge < -0.3 is 5.11 Å². The van der Waals surface area contributed by atoms with Crippen LogP contribution >= 0.6 is 0 Å². The third kappa shape index (κ3) is 3.36. The van der Waals surface area contributed by atoms with E-state index in [-0.39, 0.29) is 16.7 Å². The Morgan fingerprint density at radius 3 is 2.50 bits per heavy atom. The van der Waals surface area contributed by atoms with Crippen LogP contribution < -0.4 is 4.72 Å². The van der Waals surface area contributed by atoms with Crippen molar-refractivity contribution in [3.05, 3.63) is 36.9 Å². The van der Waals surface area contributed by atoms with E-state index in [1.165, 1.54) is 24.3 Å². The lowest BCUT2D eigenvalue weighted by Gasteiger charge is -2.12. The predicted octanol–water partition coefficient (Wildman–Crippen LogP) is 1.64. The Kier molecular flexibility index (Phi) is 4.09. The summed E-state index contributed by atoms with van der Waals surface area (Å²) in [4.78, 5) is 0.140. The molecule has 5 heteroatoms. The fourth-order valence-corrected chi connectivity index (χ4v) is 2.51. The number of hydrogen-bond donors (Lipinski definition) is 2. The number of phenolic OH excluding ortho intramolecular Hbond substituents is 1. The van der Waals surface area contributed by atoms with Gasteiger partial charge in [-0.2, -0.15) is 0 Å². The molecule has 1 rings (SSSR count). The highest BCUT2D eigenvalue weighted by atomic mass is 32.2. The largest absolute Gasteiger partial charge is 0.508 e. The van der Waals surface area contributed by atoms with Gasteiger partial charge in [0.1, 0.15) is 5.75 Å². The minimum Gasteiger partial charge on any atom is -0.508 e. The second-order valence-corrected chi connectivity index (χ2v) is 5.25. The summed E-state index contributed by atoms with van der Waals surface area (Å²) in [5.74, 6) is 0.0399. The van der Waals surface area contributed by atoms with Gasteiger partial charge in [-0.3, -0.25) is 0 Å². The van der Waals surface area contributed by atoms with Crippen LogP contribution in [-0.2, 0) is 10.0 Å². The number of benzene rings is 1. The van der Waals surface area contributed by atoms with Crippen LogP contribution in [0.2, 0.25) is 0 Å². The van der Waals surface area contributed by atoms with Gasteiger partial charge in [0.2, 0.25) is 10.0 Å². The van der Waals surface area contributed by atoms with Crippen molar-refractivity contribution in [1.29, 1.82) is 0 Å². The molecule has 1 aromatic rings. The fourth-order valence-electron chi connectivity index (χ4n) is 1.26. The second-order valence-electron chi connectivity index (χ2n) is 3.54. The minimum absolute atomic E-state index is 0.0399. The molecule has 1 atom stereocenters. The van der Waals surface area contributed by atoms with Crippen LogP contribution in [0.4, 0.5) is 0 Å². The summed E-state index contributed by atoms with van der Waals surface area (Å²) in [7, 11) is -3.51. The Morgan fingerprint density at radius 2 is 2.00 bits per heavy atom. The van der Waals surface area contributed by atoms with E-state index in [4.69, 9.17) is 5.11 Å². The van der Waals surface area contributed by atoms with Crippen molar-refractivity contribution in [3.8, 4) is 5.75 Å². The molecular weight excluding hydrogens is 226 g/mol. The summed E-state index contributed by atoms with van der Waals surface area (Å²) < 4.78 is 26.1. The monoisotopic (exact) mass is 241 g/mol. The summed E-state index contributed by atoms with van der Waals surface area (Å²) in [5, 5.41) is 9.06. The Labute approximate surface area is 95.7 Å². The maximum absolute atomic E-state index is 11.8. The third-order valence-electron chi connectivity index (χ3n) is 2.02. The first-order chi connectivity index (χ1) is 7.45. The zero-order chi connectivity index (χ0) is 12.2. The quantitative estimate of drug-likeness (QED) is 0.770. The van der Waals surface area contributed by atoms with Crippen molar-refractivity contribution in [2.75, 3.05) is 0 Å². The Bertz CT molecular complexity index is 451. The zero-order valence-corrected chi connectivity index (χ0v) is 9.87. The first kappa shape index (κ1) is 12.7. The van der Waals surface area contributed by atoms with Gasteiger partial charge in [-0.1, -0.05) is 6.08 Å². The van der Waals surface area contributed by atoms with Crippen LogP contribution in [0.15, 0.2) is 41.8 Å². The number of aromatic hydroxyl groups is 1. The fraction of sp³-hybridized carbons (Fsp3) is 0.273. The van der Waals surface area contributed by atoms with Gasteiger partial charge in [0, 0.05) is 6.04 Å². The average Bonchev–Trinajstić information content (AvgIpc) is 2.17. The molecule has 0 aliphatic heterocycles. The highest BCUT2D eigenvalue weighted by molar-refractivity contribution is 7.89. The second kappa shape index (κ2) is 5.14. The van der Waals surface area contributed by atoms with Crippen LogP contribution in [0.5, 0.6) is 5.75 Å². The van der Waals surface area contributed by atoms with Gasteiger partial charge in [0.15, 0.2) is 0 Å². The highest BCUT2D eigenvalue weighted by Crippen LogP contribution is 2.14. The minimum atomic E-state index is -3.51. The van der Waals surface area contributed by atoms with Crippen molar-refractivity contribution in [2.45, 2.75) is 24.3 Å². The number of sulfonamides is 1. The molecule has 0 aromatic heterocycles. The molecule has 2 N–H and O–H groups in total. The summed E-state index contributed by atoms with van der Waals surface area (Å²) in [6.07, 6.45) is 2.22. The zero-order valence-electron chi connectivity index (χ0n) is 9.05. The van der Waals surface area contributed by atoms with Crippen LogP contribution in [0, 0.1) is 0 Å². The predicted molar refractivity (Wildman–Crippen MR) is 62.7 cm³/mol. The van der Waals surface area contributed by atoms with Gasteiger partial charge in [0.25, 0.3) is 0 Å². The molecule has 0 saturated carbocycles. The molecule has 0 aliphatic carbocycles. The summed E-state index contributed by atoms with van der Waals surface area (Å²) in [6, 6.07) is 5.20. The maximum atomic E-state index is 11.8. The highest BCUT2D eigenvalue weighted by Gasteiger charge is 2.16. The van der Waals surface area contributed by atoms with E-state index in [1.54, 1.807) is 13.0 Å². The summed E-state index contributed by atoms with van der Waals surface area (Å²) in [5.41, 5.74) is 0. The van der Waals surface area contributed by atoms with Crippen molar-refractivity contribution < 1.29 is 13.5 Å². The number of hydrogen-bond acceptors (Lipinski definition) is 3. The van der Waals surface area contributed by atoms with E-state index < -0.39 is 10.0 Å². The average molecular weight is 241 g/mol. The standard InChI is InChI=1S/C11H15NO3S/c1-3-4-9(2)12-16(14,15)11-7-5-10(13)6-8-11/h3,5-9,12-13H,1,4H2,2H3. The van der Waals surface area contributed by atoms with E-state index in [9.17, 15) is 8.42 Å². The first-order valence-corrected chi connectivity index (χ1v) is 6.36. The van der Waals surface area contributed by atoms with E-state index >= 15 is 0 Å². The molecule has 0 radical (unpaired) electrons. The van der Waals surface area contributed by atoms with Crippen molar-refractivity contribution in [3.63, 3.8) is 0 Å². The molecule has 1 aromatic carbocycles. The molecular formula is C11H15NO3S. The van der Waals surface area contributed by atoms with E-state index in [2.05, 4.69) is 11.3 Å². The number of phenols is 1.